The summed E-state index contributed by atoms with van der Waals surface area (Å²) in [6, 6.07) is 6.38. The van der Waals surface area contributed by atoms with Gasteiger partial charge < -0.3 is 28.8 Å². The molecule has 4 rings (SSSR count). The average molecular weight is 569 g/mol. The second-order valence-corrected chi connectivity index (χ2v) is 13.9. The lowest BCUT2D eigenvalue weighted by Gasteiger charge is -2.40. The average Bonchev–Trinajstić information content (AvgIpc) is 2.96. The molecule has 1 N–H and O–H groups in total. The molecule has 0 saturated carbocycles. The van der Waals surface area contributed by atoms with Gasteiger partial charge in [0.2, 0.25) is 0 Å². The van der Waals surface area contributed by atoms with Gasteiger partial charge in [0.15, 0.2) is 24.1 Å². The van der Waals surface area contributed by atoms with Gasteiger partial charge in [-0.1, -0.05) is 18.9 Å². The quantitative estimate of drug-likeness (QED) is 0.228. The number of hydrogen-bond donors (Lipinski definition) is 1. The zero-order chi connectivity index (χ0) is 26.5. The van der Waals surface area contributed by atoms with Crippen LogP contribution in [0.3, 0.4) is 0 Å². The number of benzene rings is 1. The van der Waals surface area contributed by atoms with Gasteiger partial charge in [-0.05, 0) is 99.8 Å². The molecular formula is C30H48O6S2. The van der Waals surface area contributed by atoms with E-state index in [2.05, 4.69) is 35.7 Å². The Hall–Kier alpha value is -0.640. The van der Waals surface area contributed by atoms with Crippen molar-refractivity contribution in [3.63, 3.8) is 0 Å². The van der Waals surface area contributed by atoms with Crippen LogP contribution >= 0.6 is 23.5 Å². The highest BCUT2D eigenvalue weighted by atomic mass is 32.2. The molecule has 0 aromatic heterocycles. The van der Waals surface area contributed by atoms with Crippen LogP contribution in [0, 0.1) is 0 Å². The molecule has 0 aliphatic carbocycles. The number of unbranched alkanes of at least 4 members (excludes halogenated alkanes) is 2. The van der Waals surface area contributed by atoms with E-state index < -0.39 is 0 Å². The molecule has 6 nitrogen and oxygen atoms in total. The highest BCUT2D eigenvalue weighted by Crippen LogP contribution is 2.50. The Labute approximate surface area is 238 Å². The first-order chi connectivity index (χ1) is 18.7. The summed E-state index contributed by atoms with van der Waals surface area (Å²) in [6.45, 7) is 1.85. The molecule has 0 amide bonds. The van der Waals surface area contributed by atoms with E-state index in [0.29, 0.717) is 0 Å². The number of aliphatic hydroxyl groups is 1. The third kappa shape index (κ3) is 9.77. The molecule has 0 radical (unpaired) electrons. The van der Waals surface area contributed by atoms with E-state index in [1.165, 1.54) is 29.9 Å². The molecule has 3 heterocycles. The molecule has 3 fully saturated rings. The van der Waals surface area contributed by atoms with Gasteiger partial charge in [-0.2, -0.15) is 0 Å². The second kappa shape index (κ2) is 16.6. The Balaban J connectivity index is 1.39. The van der Waals surface area contributed by atoms with E-state index in [1.54, 1.807) is 7.11 Å². The Kier molecular flexibility index (Phi) is 13.2. The fourth-order valence-electron chi connectivity index (χ4n) is 5.49. The number of thioether (sulfide) groups is 2. The summed E-state index contributed by atoms with van der Waals surface area (Å²) in [5, 5.41) is 9.23. The maximum Gasteiger partial charge on any atom is 0.200 e. The monoisotopic (exact) mass is 568 g/mol. The molecule has 3 saturated heterocycles. The molecule has 8 heteroatoms. The van der Waals surface area contributed by atoms with Crippen molar-refractivity contribution in [3.8, 4) is 11.5 Å². The normalized spacial score (nSPS) is 24.6. The van der Waals surface area contributed by atoms with Crippen LogP contribution in [0.4, 0.5) is 0 Å². The summed E-state index contributed by atoms with van der Waals surface area (Å²) in [5.74, 6) is 3.97. The van der Waals surface area contributed by atoms with Gasteiger partial charge in [0.1, 0.15) is 0 Å². The van der Waals surface area contributed by atoms with Crippen molar-refractivity contribution < 1.29 is 28.8 Å². The number of aryl methyl sites for hydroxylation is 1. The fourth-order valence-corrected chi connectivity index (χ4v) is 8.92. The molecule has 1 aromatic rings. The lowest BCUT2D eigenvalue weighted by molar-refractivity contribution is -0.191. The van der Waals surface area contributed by atoms with Crippen molar-refractivity contribution in [2.24, 2.45) is 0 Å². The van der Waals surface area contributed by atoms with Gasteiger partial charge in [-0.25, -0.2) is 0 Å². The maximum atomic E-state index is 9.23. The van der Waals surface area contributed by atoms with Crippen LogP contribution in [0.5, 0.6) is 11.5 Å². The van der Waals surface area contributed by atoms with Gasteiger partial charge in [0.25, 0.3) is 0 Å². The molecule has 2 unspecified atom stereocenters. The van der Waals surface area contributed by atoms with Crippen LogP contribution in [0.15, 0.2) is 18.2 Å². The van der Waals surface area contributed by atoms with Crippen molar-refractivity contribution in [1.29, 1.82) is 0 Å². The largest absolute Gasteiger partial charge is 0.493 e. The van der Waals surface area contributed by atoms with Crippen LogP contribution in [0.25, 0.3) is 0 Å². The Morgan fingerprint density at radius 1 is 0.947 bits per heavy atom. The molecular weight excluding hydrogens is 520 g/mol. The van der Waals surface area contributed by atoms with Crippen molar-refractivity contribution in [2.75, 3.05) is 38.4 Å². The highest BCUT2D eigenvalue weighted by Gasteiger charge is 2.37. The van der Waals surface area contributed by atoms with E-state index in [9.17, 15) is 5.11 Å². The Morgan fingerprint density at radius 3 is 2.39 bits per heavy atom. The first-order valence-electron chi connectivity index (χ1n) is 14.8. The standard InChI is InChI=1S/C30H48O6S2/c1-32-27-22-24(13-14-26(27)36-29-12-5-8-19-34-29)15-16-30(37-20-9-21-38-30)23-25(10-3-2-6-17-31)35-28-11-4-7-18-33-28/h13-14,22,25,28-29,31H,2-12,15-21,23H2,1H3/t25-,28?,29?/m0/s1. The molecule has 0 spiro atoms. The molecule has 0 bridgehead atoms. The predicted molar refractivity (Wildman–Crippen MR) is 156 cm³/mol. The topological polar surface area (TPSA) is 66.4 Å². The first kappa shape index (κ1) is 30.3. The summed E-state index contributed by atoms with van der Waals surface area (Å²) < 4.78 is 30.3. The first-order valence-corrected chi connectivity index (χ1v) is 16.8. The van der Waals surface area contributed by atoms with E-state index >= 15 is 0 Å². The molecule has 3 atom stereocenters. The number of ether oxygens (including phenoxy) is 5. The van der Waals surface area contributed by atoms with E-state index in [0.717, 1.165) is 102 Å². The number of methoxy groups -OCH3 is 1. The van der Waals surface area contributed by atoms with Crippen LogP contribution < -0.4 is 9.47 Å². The van der Waals surface area contributed by atoms with E-state index in [1.807, 2.05) is 6.07 Å². The van der Waals surface area contributed by atoms with Crippen molar-refractivity contribution >= 4 is 23.5 Å². The summed E-state index contributed by atoms with van der Waals surface area (Å²) in [7, 11) is 1.72. The summed E-state index contributed by atoms with van der Waals surface area (Å²) in [4.78, 5) is 0. The third-order valence-corrected chi connectivity index (χ3v) is 11.1. The number of aliphatic hydroxyl groups excluding tert-OH is 1. The smallest absolute Gasteiger partial charge is 0.200 e. The van der Waals surface area contributed by atoms with E-state index in [4.69, 9.17) is 23.7 Å². The van der Waals surface area contributed by atoms with Crippen LogP contribution in [-0.4, -0.2) is 66.3 Å². The van der Waals surface area contributed by atoms with Gasteiger partial charge in [-0.3, -0.25) is 0 Å². The molecule has 216 valence electrons. The molecule has 38 heavy (non-hydrogen) atoms. The number of rotatable bonds is 15. The van der Waals surface area contributed by atoms with Gasteiger partial charge in [0.05, 0.1) is 23.9 Å². The minimum absolute atomic E-state index is 0.0628. The lowest BCUT2D eigenvalue weighted by Crippen LogP contribution is -2.35. The van der Waals surface area contributed by atoms with Gasteiger partial charge in [-0.15, -0.1) is 23.5 Å². The van der Waals surface area contributed by atoms with Gasteiger partial charge >= 0.3 is 0 Å². The van der Waals surface area contributed by atoms with Gasteiger partial charge in [0, 0.05) is 19.6 Å². The molecule has 3 aliphatic rings. The molecule has 1 aromatic carbocycles. The number of hydrogen-bond acceptors (Lipinski definition) is 8. The van der Waals surface area contributed by atoms with E-state index in [-0.39, 0.29) is 29.4 Å². The Morgan fingerprint density at radius 2 is 1.71 bits per heavy atom. The Bertz CT molecular complexity index is 791. The molecule has 3 aliphatic heterocycles. The SMILES string of the molecule is COc1cc(CCC2(C[C@H](CCCCCO)OC3CCCCO3)SCCCS2)ccc1OC1CCCCO1. The lowest BCUT2D eigenvalue weighted by atomic mass is 10.0. The summed E-state index contributed by atoms with van der Waals surface area (Å²) in [5.41, 5.74) is 1.28. The maximum absolute atomic E-state index is 9.23. The zero-order valence-electron chi connectivity index (χ0n) is 23.2. The van der Waals surface area contributed by atoms with Crippen molar-refractivity contribution in [3.05, 3.63) is 23.8 Å². The zero-order valence-corrected chi connectivity index (χ0v) is 24.8. The minimum atomic E-state index is -0.177. The van der Waals surface area contributed by atoms with Crippen molar-refractivity contribution in [1.82, 2.24) is 0 Å². The summed E-state index contributed by atoms with van der Waals surface area (Å²) >= 11 is 4.26. The minimum Gasteiger partial charge on any atom is -0.493 e. The fraction of sp³-hybridized carbons (Fsp3) is 0.800. The van der Waals surface area contributed by atoms with Crippen molar-refractivity contribution in [2.45, 2.75) is 113 Å². The predicted octanol–water partition coefficient (Wildman–Crippen LogP) is 6.95. The highest BCUT2D eigenvalue weighted by molar-refractivity contribution is 8.18. The van der Waals surface area contributed by atoms with Crippen LogP contribution in [0.1, 0.15) is 89.0 Å². The summed E-state index contributed by atoms with van der Waals surface area (Å²) in [6.07, 6.45) is 14.9. The van der Waals surface area contributed by atoms with Crippen LogP contribution in [-0.2, 0) is 20.6 Å². The third-order valence-electron chi connectivity index (χ3n) is 7.64. The second-order valence-electron chi connectivity index (χ2n) is 10.7. The van der Waals surface area contributed by atoms with Crippen LogP contribution in [0.2, 0.25) is 0 Å².